The minimum atomic E-state index is -0.292. The first-order valence-corrected chi connectivity index (χ1v) is 7.47. The highest BCUT2D eigenvalue weighted by molar-refractivity contribution is 5.50. The van der Waals surface area contributed by atoms with E-state index >= 15 is 0 Å². The fourth-order valence-electron chi connectivity index (χ4n) is 3.08. The van der Waals surface area contributed by atoms with Gasteiger partial charge in [-0.3, -0.25) is 0 Å². The van der Waals surface area contributed by atoms with Crippen molar-refractivity contribution in [2.75, 3.05) is 5.32 Å². The molecule has 112 valence electrons. The van der Waals surface area contributed by atoms with E-state index in [4.69, 9.17) is 0 Å². The summed E-state index contributed by atoms with van der Waals surface area (Å²) >= 11 is 0. The highest BCUT2D eigenvalue weighted by Crippen LogP contribution is 2.37. The molecule has 5 heteroatoms. The number of aromatic nitrogens is 3. The highest BCUT2D eigenvalue weighted by atomic mass is 19.1. The average Bonchev–Trinajstić information content (AvgIpc) is 2.95. The molecule has 1 atom stereocenters. The number of benzene rings is 1. The number of nitrogens with zero attached hydrogens (tertiary/aromatic N) is 3. The van der Waals surface area contributed by atoms with Crippen molar-refractivity contribution in [1.82, 2.24) is 14.8 Å². The molecule has 1 N–H and O–H groups in total. The van der Waals surface area contributed by atoms with Gasteiger partial charge in [-0.05, 0) is 36.5 Å². The quantitative estimate of drug-likeness (QED) is 0.934. The Hall–Kier alpha value is -1.91. The van der Waals surface area contributed by atoms with Crippen LogP contribution < -0.4 is 5.32 Å². The zero-order valence-corrected chi connectivity index (χ0v) is 12.5. The van der Waals surface area contributed by atoms with E-state index in [-0.39, 0.29) is 11.2 Å². The van der Waals surface area contributed by atoms with Crippen molar-refractivity contribution < 1.29 is 4.39 Å². The Kier molecular flexibility index (Phi) is 3.66. The van der Waals surface area contributed by atoms with Gasteiger partial charge in [0.05, 0.1) is 0 Å². The smallest absolute Gasteiger partial charge is 0.150 e. The van der Waals surface area contributed by atoms with E-state index in [1.165, 1.54) is 36.6 Å². The third-order valence-corrected chi connectivity index (χ3v) is 4.46. The van der Waals surface area contributed by atoms with E-state index in [9.17, 15) is 4.39 Å². The van der Waals surface area contributed by atoms with Gasteiger partial charge in [0, 0.05) is 11.7 Å². The first kappa shape index (κ1) is 14.0. The SMILES string of the molecule is CC1(C)CCCCC1Nc1ccc(-n2cncn2)c(F)c1. The second kappa shape index (κ2) is 5.47. The molecule has 1 aliphatic carbocycles. The van der Waals surface area contributed by atoms with Crippen molar-refractivity contribution >= 4 is 5.69 Å². The molecule has 0 amide bonds. The van der Waals surface area contributed by atoms with Crippen LogP contribution in [0.5, 0.6) is 0 Å². The number of hydrogen-bond donors (Lipinski definition) is 1. The third kappa shape index (κ3) is 2.91. The lowest BCUT2D eigenvalue weighted by atomic mass is 9.73. The Morgan fingerprint density at radius 3 is 2.86 bits per heavy atom. The molecule has 1 fully saturated rings. The molecular formula is C16H21FN4. The fraction of sp³-hybridized carbons (Fsp3) is 0.500. The summed E-state index contributed by atoms with van der Waals surface area (Å²) < 4.78 is 15.7. The molecule has 1 unspecified atom stereocenters. The molecule has 4 nitrogen and oxygen atoms in total. The lowest BCUT2D eigenvalue weighted by molar-refractivity contribution is 0.217. The summed E-state index contributed by atoms with van der Waals surface area (Å²) in [5.74, 6) is -0.292. The van der Waals surface area contributed by atoms with Crippen LogP contribution in [0.1, 0.15) is 39.5 Å². The lowest BCUT2D eigenvalue weighted by Gasteiger charge is -2.39. The number of rotatable bonds is 3. The van der Waals surface area contributed by atoms with Gasteiger partial charge in [0.2, 0.25) is 0 Å². The summed E-state index contributed by atoms with van der Waals surface area (Å²) in [4.78, 5) is 3.84. The van der Waals surface area contributed by atoms with E-state index < -0.39 is 0 Å². The summed E-state index contributed by atoms with van der Waals surface area (Å²) in [5, 5.41) is 7.46. The largest absolute Gasteiger partial charge is 0.382 e. The maximum atomic E-state index is 14.2. The van der Waals surface area contributed by atoms with Gasteiger partial charge < -0.3 is 5.32 Å². The Labute approximate surface area is 124 Å². The van der Waals surface area contributed by atoms with Crippen LogP contribution in [0.25, 0.3) is 5.69 Å². The molecule has 0 radical (unpaired) electrons. The lowest BCUT2D eigenvalue weighted by Crippen LogP contribution is -2.38. The summed E-state index contributed by atoms with van der Waals surface area (Å²) in [6, 6.07) is 5.58. The maximum absolute atomic E-state index is 14.2. The predicted octanol–water partition coefficient (Wildman–Crippen LogP) is 3.79. The van der Waals surface area contributed by atoms with Gasteiger partial charge in [-0.1, -0.05) is 26.7 Å². The van der Waals surface area contributed by atoms with Crippen molar-refractivity contribution in [2.45, 2.75) is 45.6 Å². The van der Waals surface area contributed by atoms with Crippen LogP contribution in [0.4, 0.5) is 10.1 Å². The summed E-state index contributed by atoms with van der Waals surface area (Å²) in [6.45, 7) is 4.56. The molecule has 0 aliphatic heterocycles. The van der Waals surface area contributed by atoms with Gasteiger partial charge in [0.15, 0.2) is 5.82 Å². The molecule has 1 aromatic heterocycles. The van der Waals surface area contributed by atoms with Gasteiger partial charge >= 0.3 is 0 Å². The van der Waals surface area contributed by atoms with Gasteiger partial charge in [-0.2, -0.15) is 5.10 Å². The van der Waals surface area contributed by atoms with Crippen LogP contribution in [0, 0.1) is 11.2 Å². The zero-order chi connectivity index (χ0) is 14.9. The molecule has 1 aromatic carbocycles. The Bertz CT molecular complexity index is 607. The van der Waals surface area contributed by atoms with Crippen molar-refractivity contribution in [3.8, 4) is 5.69 Å². The first-order chi connectivity index (χ1) is 10.1. The highest BCUT2D eigenvalue weighted by Gasteiger charge is 2.32. The van der Waals surface area contributed by atoms with Crippen LogP contribution in [0.15, 0.2) is 30.9 Å². The van der Waals surface area contributed by atoms with Crippen LogP contribution in [0.3, 0.4) is 0 Å². The standard InChI is InChI=1S/C16H21FN4/c1-16(2)8-4-3-5-15(16)20-12-6-7-14(13(17)9-12)21-11-18-10-19-21/h6-7,9-11,15,20H,3-5,8H2,1-2H3. The number of hydrogen-bond acceptors (Lipinski definition) is 3. The van der Waals surface area contributed by atoms with Gasteiger partial charge in [0.1, 0.15) is 18.3 Å². The Morgan fingerprint density at radius 2 is 2.19 bits per heavy atom. The predicted molar refractivity (Wildman–Crippen MR) is 81.0 cm³/mol. The van der Waals surface area contributed by atoms with E-state index in [0.717, 1.165) is 12.1 Å². The van der Waals surface area contributed by atoms with Crippen LogP contribution in [-0.2, 0) is 0 Å². The van der Waals surface area contributed by atoms with Crippen LogP contribution in [0.2, 0.25) is 0 Å². The van der Waals surface area contributed by atoms with Crippen molar-refractivity contribution in [3.63, 3.8) is 0 Å². The molecular weight excluding hydrogens is 267 g/mol. The Balaban J connectivity index is 1.79. The Morgan fingerprint density at radius 1 is 1.33 bits per heavy atom. The van der Waals surface area contributed by atoms with Crippen LogP contribution in [-0.4, -0.2) is 20.8 Å². The molecule has 1 aliphatic rings. The van der Waals surface area contributed by atoms with Crippen molar-refractivity contribution in [1.29, 1.82) is 0 Å². The molecule has 0 saturated heterocycles. The van der Waals surface area contributed by atoms with Crippen LogP contribution >= 0.6 is 0 Å². The molecule has 0 bridgehead atoms. The maximum Gasteiger partial charge on any atom is 0.150 e. The van der Waals surface area contributed by atoms with Gasteiger partial charge in [0.25, 0.3) is 0 Å². The third-order valence-electron chi connectivity index (χ3n) is 4.46. The summed E-state index contributed by atoms with van der Waals surface area (Å²) in [7, 11) is 0. The first-order valence-electron chi connectivity index (χ1n) is 7.47. The average molecular weight is 288 g/mol. The van der Waals surface area contributed by atoms with Gasteiger partial charge in [-0.25, -0.2) is 14.1 Å². The molecule has 1 heterocycles. The number of anilines is 1. The summed E-state index contributed by atoms with van der Waals surface area (Å²) in [5.41, 5.74) is 1.50. The zero-order valence-electron chi connectivity index (χ0n) is 12.5. The second-order valence-corrected chi connectivity index (χ2v) is 6.44. The minimum absolute atomic E-state index is 0.249. The fourth-order valence-corrected chi connectivity index (χ4v) is 3.08. The van der Waals surface area contributed by atoms with E-state index in [1.54, 1.807) is 12.1 Å². The van der Waals surface area contributed by atoms with Gasteiger partial charge in [-0.15, -0.1) is 0 Å². The topological polar surface area (TPSA) is 42.7 Å². The molecule has 1 saturated carbocycles. The number of halogens is 1. The molecule has 2 aromatic rings. The van der Waals surface area contributed by atoms with E-state index in [2.05, 4.69) is 29.2 Å². The second-order valence-electron chi connectivity index (χ2n) is 6.44. The minimum Gasteiger partial charge on any atom is -0.382 e. The monoisotopic (exact) mass is 288 g/mol. The number of nitrogens with one attached hydrogen (secondary N) is 1. The van der Waals surface area contributed by atoms with E-state index in [1.807, 2.05) is 6.07 Å². The van der Waals surface area contributed by atoms with Crippen molar-refractivity contribution in [2.24, 2.45) is 5.41 Å². The molecule has 21 heavy (non-hydrogen) atoms. The normalized spacial score (nSPS) is 21.2. The van der Waals surface area contributed by atoms with E-state index in [0.29, 0.717) is 11.7 Å². The summed E-state index contributed by atoms with van der Waals surface area (Å²) in [6.07, 6.45) is 7.76. The molecule has 3 rings (SSSR count). The van der Waals surface area contributed by atoms with Crippen molar-refractivity contribution in [3.05, 3.63) is 36.7 Å². The molecule has 0 spiro atoms.